The Balaban J connectivity index is 3.64. The normalized spacial score (nSPS) is 13.7. The third kappa shape index (κ3) is 37.2. The lowest BCUT2D eigenvalue weighted by atomic mass is 10.0. The molecule has 3 unspecified atom stereocenters. The van der Waals surface area contributed by atoms with Crippen molar-refractivity contribution in [3.8, 4) is 0 Å². The summed E-state index contributed by atoms with van der Waals surface area (Å²) < 4.78 is 0. The minimum atomic E-state index is -1.16. The number of allylic oxidation sites excluding steroid dienone is 4. The fourth-order valence-electron chi connectivity index (χ4n) is 7.16. The van der Waals surface area contributed by atoms with E-state index in [9.17, 15) is 20.1 Å². The van der Waals surface area contributed by atoms with Gasteiger partial charge in [-0.1, -0.05) is 199 Å². The molecule has 0 aliphatic heterocycles. The molecule has 0 saturated carbocycles. The summed E-state index contributed by atoms with van der Waals surface area (Å²) in [6.07, 6.45) is 51.5. The van der Waals surface area contributed by atoms with Crippen LogP contribution >= 0.6 is 0 Å². The molecule has 0 aromatic rings. The van der Waals surface area contributed by atoms with Gasteiger partial charge in [0.2, 0.25) is 5.91 Å². The first-order chi connectivity index (χ1) is 25.6. The van der Waals surface area contributed by atoms with Crippen LogP contribution in [0.3, 0.4) is 0 Å². The van der Waals surface area contributed by atoms with Gasteiger partial charge in [0.1, 0.15) is 6.10 Å². The van der Waals surface area contributed by atoms with Gasteiger partial charge in [-0.25, -0.2) is 0 Å². The lowest BCUT2D eigenvalue weighted by Gasteiger charge is -2.26. The van der Waals surface area contributed by atoms with E-state index in [1.54, 1.807) is 0 Å². The minimum Gasteiger partial charge on any atom is -0.394 e. The number of nitrogens with one attached hydrogen (secondary N) is 1. The quantitative estimate of drug-likeness (QED) is 0.0371. The summed E-state index contributed by atoms with van der Waals surface area (Å²) in [5, 5.41) is 33.5. The van der Waals surface area contributed by atoms with Crippen LogP contribution in [0, 0.1) is 0 Å². The van der Waals surface area contributed by atoms with Crippen molar-refractivity contribution in [1.82, 2.24) is 5.32 Å². The van der Waals surface area contributed by atoms with Crippen LogP contribution < -0.4 is 5.32 Å². The Bertz CT molecular complexity index is 768. The van der Waals surface area contributed by atoms with Crippen LogP contribution in [0.15, 0.2) is 24.3 Å². The average molecular weight is 734 g/mol. The number of hydrogen-bond acceptors (Lipinski definition) is 4. The summed E-state index contributed by atoms with van der Waals surface area (Å²) in [6.45, 7) is 4.17. The molecule has 0 heterocycles. The zero-order valence-electron chi connectivity index (χ0n) is 35.0. The van der Waals surface area contributed by atoms with E-state index in [1.807, 2.05) is 0 Å². The number of aliphatic hydroxyl groups is 3. The Morgan fingerprint density at radius 1 is 0.462 bits per heavy atom. The third-order valence-electron chi connectivity index (χ3n) is 10.8. The van der Waals surface area contributed by atoms with Gasteiger partial charge >= 0.3 is 0 Å². The van der Waals surface area contributed by atoms with E-state index in [0.29, 0.717) is 12.8 Å². The van der Waals surface area contributed by atoms with Crippen LogP contribution in [0.2, 0.25) is 0 Å². The van der Waals surface area contributed by atoms with Crippen molar-refractivity contribution in [3.63, 3.8) is 0 Å². The number of carbonyl (C=O) groups is 1. The molecule has 0 spiro atoms. The average Bonchev–Trinajstić information content (AvgIpc) is 3.15. The SMILES string of the molecule is CCCCCCCCC/C=C\CCCCCCCC(=O)NC(CO)C(O)C(O)CCC/C=C/CCCCCCCCCCCCCCCCCCC. The van der Waals surface area contributed by atoms with Crippen molar-refractivity contribution in [2.45, 2.75) is 263 Å². The van der Waals surface area contributed by atoms with Gasteiger partial charge in [0.05, 0.1) is 18.8 Å². The van der Waals surface area contributed by atoms with Gasteiger partial charge in [0, 0.05) is 6.42 Å². The Kier molecular flexibility index (Phi) is 41.6. The summed E-state index contributed by atoms with van der Waals surface area (Å²) in [5.74, 6) is -0.161. The van der Waals surface area contributed by atoms with Gasteiger partial charge in [-0.15, -0.1) is 0 Å². The standard InChI is InChI=1S/C47H91NO4/c1-3-5-7-9-11-13-15-17-19-21-22-23-24-25-26-27-29-31-33-35-37-39-41-45(50)47(52)44(43-49)48-46(51)42-40-38-36-34-32-30-28-20-18-16-14-12-10-8-6-4-2/h20,28,33,35,44-45,47,49-50,52H,3-19,21-27,29-32,34,36-43H2,1-2H3,(H,48,51)/b28-20-,35-33+. The van der Waals surface area contributed by atoms with Crippen molar-refractivity contribution in [2.75, 3.05) is 6.61 Å². The van der Waals surface area contributed by atoms with E-state index in [-0.39, 0.29) is 12.5 Å². The Morgan fingerprint density at radius 2 is 0.769 bits per heavy atom. The van der Waals surface area contributed by atoms with Gasteiger partial charge in [-0.2, -0.15) is 0 Å². The molecule has 0 aromatic carbocycles. The molecule has 0 fully saturated rings. The first kappa shape index (κ1) is 50.8. The molecule has 0 rings (SSSR count). The number of amides is 1. The molecule has 5 heteroatoms. The number of aliphatic hydroxyl groups excluding tert-OH is 3. The van der Waals surface area contributed by atoms with Gasteiger partial charge in [-0.3, -0.25) is 4.79 Å². The van der Waals surface area contributed by atoms with E-state index in [4.69, 9.17) is 0 Å². The van der Waals surface area contributed by atoms with Crippen LogP contribution in [0.5, 0.6) is 0 Å². The summed E-state index contributed by atoms with van der Waals surface area (Å²) in [5.41, 5.74) is 0. The molecule has 0 aliphatic rings. The van der Waals surface area contributed by atoms with E-state index >= 15 is 0 Å². The molecule has 0 radical (unpaired) electrons. The van der Waals surface area contributed by atoms with Crippen molar-refractivity contribution in [2.24, 2.45) is 0 Å². The van der Waals surface area contributed by atoms with Crippen LogP contribution in [0.1, 0.15) is 245 Å². The molecule has 52 heavy (non-hydrogen) atoms. The molecule has 0 aliphatic carbocycles. The van der Waals surface area contributed by atoms with Crippen LogP contribution in [-0.4, -0.2) is 46.1 Å². The van der Waals surface area contributed by atoms with Crippen molar-refractivity contribution >= 4 is 5.91 Å². The van der Waals surface area contributed by atoms with E-state index in [2.05, 4.69) is 43.5 Å². The predicted molar refractivity (Wildman–Crippen MR) is 227 cm³/mol. The van der Waals surface area contributed by atoms with Gasteiger partial charge in [0.25, 0.3) is 0 Å². The molecule has 0 bridgehead atoms. The molecule has 308 valence electrons. The van der Waals surface area contributed by atoms with Gasteiger partial charge < -0.3 is 20.6 Å². The van der Waals surface area contributed by atoms with Gasteiger partial charge in [-0.05, 0) is 64.2 Å². The number of carbonyl (C=O) groups excluding carboxylic acids is 1. The maximum Gasteiger partial charge on any atom is 0.220 e. The van der Waals surface area contributed by atoms with Crippen LogP contribution in [-0.2, 0) is 4.79 Å². The molecule has 4 N–H and O–H groups in total. The summed E-state index contributed by atoms with van der Waals surface area (Å²) in [6, 6.07) is -0.828. The number of unbranched alkanes of at least 4 members (excludes halogenated alkanes) is 30. The fraction of sp³-hybridized carbons (Fsp3) is 0.894. The highest BCUT2D eigenvalue weighted by Gasteiger charge is 2.26. The zero-order valence-corrected chi connectivity index (χ0v) is 35.0. The molecule has 1 amide bonds. The van der Waals surface area contributed by atoms with Gasteiger partial charge in [0.15, 0.2) is 0 Å². The second-order valence-electron chi connectivity index (χ2n) is 16.0. The topological polar surface area (TPSA) is 89.8 Å². The van der Waals surface area contributed by atoms with E-state index in [1.165, 1.54) is 173 Å². The van der Waals surface area contributed by atoms with E-state index in [0.717, 1.165) is 44.9 Å². The highest BCUT2D eigenvalue weighted by molar-refractivity contribution is 5.76. The fourth-order valence-corrected chi connectivity index (χ4v) is 7.16. The van der Waals surface area contributed by atoms with Crippen LogP contribution in [0.25, 0.3) is 0 Å². The molecule has 0 saturated heterocycles. The molecular formula is C47H91NO4. The molecule has 3 atom stereocenters. The first-order valence-electron chi connectivity index (χ1n) is 23.1. The van der Waals surface area contributed by atoms with Crippen molar-refractivity contribution in [3.05, 3.63) is 24.3 Å². The van der Waals surface area contributed by atoms with Crippen molar-refractivity contribution in [1.29, 1.82) is 0 Å². The Morgan fingerprint density at radius 3 is 1.12 bits per heavy atom. The predicted octanol–water partition coefficient (Wildman–Crippen LogP) is 13.4. The monoisotopic (exact) mass is 734 g/mol. The van der Waals surface area contributed by atoms with Crippen molar-refractivity contribution < 1.29 is 20.1 Å². The first-order valence-corrected chi connectivity index (χ1v) is 23.1. The van der Waals surface area contributed by atoms with E-state index < -0.39 is 18.2 Å². The zero-order chi connectivity index (χ0) is 38.0. The summed E-state index contributed by atoms with van der Waals surface area (Å²) in [4.78, 5) is 12.4. The maximum atomic E-state index is 12.4. The second kappa shape index (κ2) is 42.6. The highest BCUT2D eigenvalue weighted by atomic mass is 16.3. The third-order valence-corrected chi connectivity index (χ3v) is 10.8. The molecule has 0 aromatic heterocycles. The lowest BCUT2D eigenvalue weighted by molar-refractivity contribution is -0.124. The Labute approximate surface area is 324 Å². The second-order valence-corrected chi connectivity index (χ2v) is 16.0. The number of rotatable bonds is 42. The minimum absolute atomic E-state index is 0.161. The molecule has 5 nitrogen and oxygen atoms in total. The lowest BCUT2D eigenvalue weighted by Crippen LogP contribution is -2.50. The molecular weight excluding hydrogens is 643 g/mol. The largest absolute Gasteiger partial charge is 0.394 e. The maximum absolute atomic E-state index is 12.4. The smallest absolute Gasteiger partial charge is 0.220 e. The van der Waals surface area contributed by atoms with Crippen LogP contribution in [0.4, 0.5) is 0 Å². The summed E-state index contributed by atoms with van der Waals surface area (Å²) in [7, 11) is 0. The summed E-state index contributed by atoms with van der Waals surface area (Å²) >= 11 is 0. The number of hydrogen-bond donors (Lipinski definition) is 4. The highest BCUT2D eigenvalue weighted by Crippen LogP contribution is 2.16. The Hall–Kier alpha value is -1.17.